The Hall–Kier alpha value is -1.53. The first kappa shape index (κ1) is 21.2. The number of benzene rings is 2. The summed E-state index contributed by atoms with van der Waals surface area (Å²) in [6.45, 7) is 2.62. The van der Waals surface area contributed by atoms with Crippen LogP contribution in [0.2, 0.25) is 10.0 Å². The fourth-order valence-electron chi connectivity index (χ4n) is 2.65. The van der Waals surface area contributed by atoms with Crippen molar-refractivity contribution in [1.82, 2.24) is 10.3 Å². The van der Waals surface area contributed by atoms with E-state index < -0.39 is 0 Å². The van der Waals surface area contributed by atoms with E-state index in [1.54, 1.807) is 17.4 Å². The van der Waals surface area contributed by atoms with Crippen molar-refractivity contribution in [3.8, 4) is 0 Å². The van der Waals surface area contributed by atoms with Crippen LogP contribution < -0.4 is 5.32 Å². The predicted molar refractivity (Wildman–Crippen MR) is 120 cm³/mol. The van der Waals surface area contributed by atoms with Crippen molar-refractivity contribution in [3.05, 3.63) is 80.3 Å². The van der Waals surface area contributed by atoms with E-state index in [0.29, 0.717) is 28.8 Å². The molecule has 0 unspecified atom stereocenters. The van der Waals surface area contributed by atoms with Crippen LogP contribution in [0, 0.1) is 6.92 Å². The minimum Gasteiger partial charge on any atom is -0.355 e. The van der Waals surface area contributed by atoms with Gasteiger partial charge in [0.25, 0.3) is 0 Å². The first-order chi connectivity index (χ1) is 13.5. The molecule has 7 heteroatoms. The van der Waals surface area contributed by atoms with Gasteiger partial charge in [0.2, 0.25) is 5.91 Å². The van der Waals surface area contributed by atoms with Crippen molar-refractivity contribution >= 4 is 52.2 Å². The molecule has 2 aromatic carbocycles. The highest BCUT2D eigenvalue weighted by molar-refractivity contribution is 8.01. The van der Waals surface area contributed by atoms with Gasteiger partial charge in [-0.25, -0.2) is 4.98 Å². The number of carbonyl (C=O) groups is 1. The number of hydrogen-bond donors (Lipinski definition) is 1. The van der Waals surface area contributed by atoms with Gasteiger partial charge in [0.05, 0.1) is 11.4 Å². The molecule has 0 aliphatic heterocycles. The molecule has 3 nitrogen and oxygen atoms in total. The van der Waals surface area contributed by atoms with Gasteiger partial charge in [-0.1, -0.05) is 65.3 Å². The highest BCUT2D eigenvalue weighted by atomic mass is 35.5. The second-order valence-electron chi connectivity index (χ2n) is 6.28. The largest absolute Gasteiger partial charge is 0.355 e. The van der Waals surface area contributed by atoms with E-state index in [1.165, 1.54) is 17.3 Å². The minimum atomic E-state index is 0.0215. The number of nitrogens with zero attached hydrogens (tertiary/aromatic N) is 1. The maximum atomic E-state index is 12.1. The summed E-state index contributed by atoms with van der Waals surface area (Å²) in [6, 6.07) is 15.6. The number of amides is 1. The number of thioether (sulfide) groups is 1. The van der Waals surface area contributed by atoms with Crippen LogP contribution in [0.1, 0.15) is 21.7 Å². The molecule has 1 heterocycles. The van der Waals surface area contributed by atoms with E-state index in [2.05, 4.69) is 22.4 Å². The number of rotatable bonds is 8. The van der Waals surface area contributed by atoms with Crippen molar-refractivity contribution in [2.45, 2.75) is 24.1 Å². The van der Waals surface area contributed by atoms with Crippen LogP contribution in [-0.2, 0) is 17.6 Å². The van der Waals surface area contributed by atoms with Crippen molar-refractivity contribution in [2.75, 3.05) is 12.3 Å². The summed E-state index contributed by atoms with van der Waals surface area (Å²) in [5.74, 6) is 0.382. The Balaban J connectivity index is 1.49. The van der Waals surface area contributed by atoms with Gasteiger partial charge in [-0.2, -0.15) is 0 Å². The van der Waals surface area contributed by atoms with Crippen LogP contribution in [0.4, 0.5) is 0 Å². The van der Waals surface area contributed by atoms with E-state index in [-0.39, 0.29) is 5.91 Å². The van der Waals surface area contributed by atoms with E-state index >= 15 is 0 Å². The maximum Gasteiger partial charge on any atom is 0.230 e. The molecule has 1 amide bonds. The van der Waals surface area contributed by atoms with Gasteiger partial charge >= 0.3 is 0 Å². The summed E-state index contributed by atoms with van der Waals surface area (Å²) >= 11 is 15.4. The predicted octanol–water partition coefficient (Wildman–Crippen LogP) is 5.80. The molecule has 3 aromatic rings. The molecular weight excluding hydrogens is 431 g/mol. The molecule has 0 saturated carbocycles. The number of aromatic nitrogens is 1. The molecule has 3 rings (SSSR count). The van der Waals surface area contributed by atoms with Crippen molar-refractivity contribution in [2.24, 2.45) is 0 Å². The number of halogens is 2. The van der Waals surface area contributed by atoms with Crippen molar-refractivity contribution < 1.29 is 4.79 Å². The summed E-state index contributed by atoms with van der Waals surface area (Å²) < 4.78 is 0.892. The zero-order valence-corrected chi connectivity index (χ0v) is 18.5. The molecule has 1 aromatic heterocycles. The van der Waals surface area contributed by atoms with Crippen LogP contribution in [-0.4, -0.2) is 23.2 Å². The Bertz CT molecular complexity index is 945. The molecule has 0 bridgehead atoms. The normalized spacial score (nSPS) is 10.8. The molecule has 0 aliphatic carbocycles. The van der Waals surface area contributed by atoms with Gasteiger partial charge < -0.3 is 5.32 Å². The Morgan fingerprint density at radius 2 is 1.96 bits per heavy atom. The topological polar surface area (TPSA) is 42.0 Å². The zero-order valence-electron chi connectivity index (χ0n) is 15.4. The fourth-order valence-corrected chi connectivity index (χ4v) is 5.11. The Morgan fingerprint density at radius 3 is 2.75 bits per heavy atom. The molecule has 1 N–H and O–H groups in total. The summed E-state index contributed by atoms with van der Waals surface area (Å²) in [5, 5.41) is 4.33. The first-order valence-electron chi connectivity index (χ1n) is 8.85. The SMILES string of the molecule is Cc1nc(SCC(=O)NCCc2ccccc2)sc1Cc1cc(Cl)ccc1Cl. The van der Waals surface area contributed by atoms with Gasteiger partial charge in [-0.3, -0.25) is 4.79 Å². The average Bonchev–Trinajstić information content (AvgIpc) is 3.03. The summed E-state index contributed by atoms with van der Waals surface area (Å²) in [4.78, 5) is 17.8. The molecular formula is C21H20Cl2N2OS2. The highest BCUT2D eigenvalue weighted by Gasteiger charge is 2.12. The zero-order chi connectivity index (χ0) is 19.9. The summed E-state index contributed by atoms with van der Waals surface area (Å²) in [6.07, 6.45) is 1.52. The molecule has 28 heavy (non-hydrogen) atoms. The number of hydrogen-bond acceptors (Lipinski definition) is 4. The number of nitrogens with one attached hydrogen (secondary N) is 1. The summed E-state index contributed by atoms with van der Waals surface area (Å²) in [7, 11) is 0. The fraction of sp³-hybridized carbons (Fsp3) is 0.238. The lowest BCUT2D eigenvalue weighted by atomic mass is 10.1. The third kappa shape index (κ3) is 6.24. The minimum absolute atomic E-state index is 0.0215. The number of carbonyl (C=O) groups excluding carboxylic acids is 1. The molecule has 146 valence electrons. The lowest BCUT2D eigenvalue weighted by Gasteiger charge is -2.04. The Kier molecular flexibility index (Phi) is 7.80. The molecule has 0 atom stereocenters. The third-order valence-corrected chi connectivity index (χ3v) is 7.04. The van der Waals surface area contributed by atoms with Gasteiger partial charge in [0.1, 0.15) is 0 Å². The van der Waals surface area contributed by atoms with E-state index in [1.807, 2.05) is 37.3 Å². The second-order valence-corrected chi connectivity index (χ2v) is 9.42. The monoisotopic (exact) mass is 450 g/mol. The van der Waals surface area contributed by atoms with Gasteiger partial charge in [-0.15, -0.1) is 11.3 Å². The van der Waals surface area contributed by atoms with E-state index in [4.69, 9.17) is 23.2 Å². The van der Waals surface area contributed by atoms with Gasteiger partial charge in [-0.05, 0) is 42.7 Å². The quantitative estimate of drug-likeness (QED) is 0.440. The van der Waals surface area contributed by atoms with E-state index in [9.17, 15) is 4.79 Å². The lowest BCUT2D eigenvalue weighted by Crippen LogP contribution is -2.27. The smallest absolute Gasteiger partial charge is 0.230 e. The summed E-state index contributed by atoms with van der Waals surface area (Å²) in [5.41, 5.74) is 3.17. The van der Waals surface area contributed by atoms with Crippen molar-refractivity contribution in [1.29, 1.82) is 0 Å². The lowest BCUT2D eigenvalue weighted by molar-refractivity contribution is -0.118. The van der Waals surface area contributed by atoms with Crippen LogP contribution in [0.15, 0.2) is 52.9 Å². The van der Waals surface area contributed by atoms with Crippen molar-refractivity contribution in [3.63, 3.8) is 0 Å². The highest BCUT2D eigenvalue weighted by Crippen LogP contribution is 2.31. The van der Waals surface area contributed by atoms with Crippen LogP contribution in [0.5, 0.6) is 0 Å². The van der Waals surface area contributed by atoms with Crippen LogP contribution in [0.3, 0.4) is 0 Å². The van der Waals surface area contributed by atoms with E-state index in [0.717, 1.165) is 26.9 Å². The number of aryl methyl sites for hydroxylation is 1. The first-order valence-corrected chi connectivity index (χ1v) is 11.4. The molecule has 0 aliphatic rings. The average molecular weight is 451 g/mol. The molecule has 0 fully saturated rings. The molecule has 0 saturated heterocycles. The van der Waals surface area contributed by atoms with Crippen LogP contribution in [0.25, 0.3) is 0 Å². The van der Waals surface area contributed by atoms with Gasteiger partial charge in [0, 0.05) is 27.9 Å². The molecule has 0 radical (unpaired) electrons. The number of thiazole rings is 1. The van der Waals surface area contributed by atoms with Crippen LogP contribution >= 0.6 is 46.3 Å². The second kappa shape index (κ2) is 10.3. The molecule has 0 spiro atoms. The maximum absolute atomic E-state index is 12.1. The Labute approximate surface area is 183 Å². The third-order valence-electron chi connectivity index (χ3n) is 4.14. The Morgan fingerprint density at radius 1 is 1.18 bits per heavy atom. The standard InChI is InChI=1S/C21H20Cl2N2OS2/c1-14-19(12-16-11-17(22)7-8-18(16)23)28-21(25-14)27-13-20(26)24-10-9-15-5-3-2-4-6-15/h2-8,11H,9-10,12-13H2,1H3,(H,24,26). The van der Waals surface area contributed by atoms with Gasteiger partial charge in [0.15, 0.2) is 4.34 Å².